The van der Waals surface area contributed by atoms with Crippen LogP contribution in [0.1, 0.15) is 49.2 Å². The molecule has 0 aromatic carbocycles. The number of nitrogens with two attached hydrogens (primary N) is 1. The van der Waals surface area contributed by atoms with Gasteiger partial charge in [0.05, 0.1) is 6.04 Å². The molecule has 0 saturated carbocycles. The van der Waals surface area contributed by atoms with Crippen LogP contribution in [0.25, 0.3) is 0 Å². The van der Waals surface area contributed by atoms with E-state index < -0.39 is 0 Å². The number of carbonyl (C=O) groups is 1. The van der Waals surface area contributed by atoms with Gasteiger partial charge in [0, 0.05) is 6.54 Å². The Balaban J connectivity index is 2.67. The Labute approximate surface area is 88.2 Å². The minimum atomic E-state index is -0.337. The van der Waals surface area contributed by atoms with Gasteiger partial charge in [-0.3, -0.25) is 4.79 Å². The smallest absolute Gasteiger partial charge is 0.292 e. The second kappa shape index (κ2) is 5.45. The summed E-state index contributed by atoms with van der Waals surface area (Å²) in [5.41, 5.74) is 5.76. The molecule has 3 N–H and O–H groups in total. The lowest BCUT2D eigenvalue weighted by Gasteiger charge is -2.02. The summed E-state index contributed by atoms with van der Waals surface area (Å²) in [4.78, 5) is 15.2. The largest absolute Gasteiger partial charge is 0.349 e. The van der Waals surface area contributed by atoms with E-state index in [1.165, 1.54) is 0 Å². The van der Waals surface area contributed by atoms with Gasteiger partial charge in [0.1, 0.15) is 0 Å². The first-order chi connectivity index (χ1) is 7.19. The van der Waals surface area contributed by atoms with Crippen molar-refractivity contribution in [1.82, 2.24) is 15.5 Å². The third kappa shape index (κ3) is 3.02. The van der Waals surface area contributed by atoms with Gasteiger partial charge in [-0.15, -0.1) is 0 Å². The first-order valence-corrected chi connectivity index (χ1v) is 5.06. The van der Waals surface area contributed by atoms with Crippen LogP contribution in [0.2, 0.25) is 0 Å². The van der Waals surface area contributed by atoms with Crippen LogP contribution in [-0.2, 0) is 0 Å². The van der Waals surface area contributed by atoms with Gasteiger partial charge in [0.15, 0.2) is 0 Å². The van der Waals surface area contributed by atoms with E-state index in [1.807, 2.05) is 13.8 Å². The van der Waals surface area contributed by atoms with Gasteiger partial charge in [-0.05, 0) is 13.3 Å². The minimum absolute atomic E-state index is 0.0402. The molecule has 0 fully saturated rings. The lowest BCUT2D eigenvalue weighted by atomic mass is 10.2. The molecule has 6 nitrogen and oxygen atoms in total. The Hall–Kier alpha value is -1.43. The third-order valence-electron chi connectivity index (χ3n) is 1.90. The van der Waals surface area contributed by atoms with Crippen LogP contribution in [0.3, 0.4) is 0 Å². The zero-order chi connectivity index (χ0) is 11.3. The lowest BCUT2D eigenvalue weighted by Crippen LogP contribution is -2.24. The SMILES string of the molecule is CCC[C@H](N)c1nc(C(=O)NCC)no1. The second-order valence-corrected chi connectivity index (χ2v) is 3.21. The van der Waals surface area contributed by atoms with Crippen molar-refractivity contribution in [1.29, 1.82) is 0 Å². The number of aromatic nitrogens is 2. The molecule has 1 aromatic rings. The number of nitrogens with one attached hydrogen (secondary N) is 1. The summed E-state index contributed by atoms with van der Waals surface area (Å²) in [6.45, 7) is 4.37. The zero-order valence-corrected chi connectivity index (χ0v) is 8.99. The van der Waals surface area contributed by atoms with Crippen LogP contribution in [0, 0.1) is 0 Å². The number of rotatable bonds is 5. The Morgan fingerprint density at radius 2 is 2.33 bits per heavy atom. The summed E-state index contributed by atoms with van der Waals surface area (Å²) < 4.78 is 4.90. The average Bonchev–Trinajstić information content (AvgIpc) is 2.67. The number of hydrogen-bond donors (Lipinski definition) is 2. The van der Waals surface area contributed by atoms with Crippen molar-refractivity contribution in [2.24, 2.45) is 5.73 Å². The van der Waals surface area contributed by atoms with Crippen LogP contribution in [-0.4, -0.2) is 22.6 Å². The predicted octanol–water partition coefficient (Wildman–Crippen LogP) is 0.619. The van der Waals surface area contributed by atoms with Crippen molar-refractivity contribution < 1.29 is 9.32 Å². The van der Waals surface area contributed by atoms with E-state index in [-0.39, 0.29) is 17.8 Å². The summed E-state index contributed by atoms with van der Waals surface area (Å²) in [6, 6.07) is -0.286. The number of hydrogen-bond acceptors (Lipinski definition) is 5. The summed E-state index contributed by atoms with van der Waals surface area (Å²) in [5.74, 6) is 0.0210. The molecule has 0 unspecified atom stereocenters. The highest BCUT2D eigenvalue weighted by Crippen LogP contribution is 2.12. The highest BCUT2D eigenvalue weighted by atomic mass is 16.5. The van der Waals surface area contributed by atoms with Crippen molar-refractivity contribution in [2.75, 3.05) is 6.54 Å². The van der Waals surface area contributed by atoms with Crippen molar-refractivity contribution >= 4 is 5.91 Å². The van der Waals surface area contributed by atoms with Crippen LogP contribution in [0.15, 0.2) is 4.52 Å². The van der Waals surface area contributed by atoms with Crippen molar-refractivity contribution in [3.63, 3.8) is 0 Å². The van der Waals surface area contributed by atoms with Gasteiger partial charge in [0.2, 0.25) is 5.89 Å². The van der Waals surface area contributed by atoms with E-state index >= 15 is 0 Å². The van der Waals surface area contributed by atoms with E-state index in [4.69, 9.17) is 10.3 Å². The third-order valence-corrected chi connectivity index (χ3v) is 1.90. The first kappa shape index (κ1) is 11.6. The molecule has 1 aromatic heterocycles. The molecule has 1 amide bonds. The van der Waals surface area contributed by atoms with E-state index in [9.17, 15) is 4.79 Å². The highest BCUT2D eigenvalue weighted by molar-refractivity contribution is 5.90. The van der Waals surface area contributed by atoms with Crippen molar-refractivity contribution in [3.8, 4) is 0 Å². The quantitative estimate of drug-likeness (QED) is 0.746. The van der Waals surface area contributed by atoms with Gasteiger partial charge in [-0.25, -0.2) is 0 Å². The van der Waals surface area contributed by atoms with Crippen LogP contribution >= 0.6 is 0 Å². The van der Waals surface area contributed by atoms with E-state index in [0.29, 0.717) is 12.4 Å². The highest BCUT2D eigenvalue weighted by Gasteiger charge is 2.17. The molecule has 0 spiro atoms. The summed E-state index contributed by atoms with van der Waals surface area (Å²) in [7, 11) is 0. The molecule has 1 heterocycles. The molecule has 15 heavy (non-hydrogen) atoms. The molecular formula is C9H16N4O2. The fourth-order valence-corrected chi connectivity index (χ4v) is 1.15. The normalized spacial score (nSPS) is 12.5. The molecule has 1 atom stereocenters. The van der Waals surface area contributed by atoms with E-state index in [0.717, 1.165) is 12.8 Å². The molecule has 0 radical (unpaired) electrons. The maximum Gasteiger partial charge on any atom is 0.292 e. The van der Waals surface area contributed by atoms with Gasteiger partial charge >= 0.3 is 0 Å². The van der Waals surface area contributed by atoms with Crippen LogP contribution < -0.4 is 11.1 Å². The summed E-state index contributed by atoms with van der Waals surface area (Å²) in [6.07, 6.45) is 1.69. The van der Waals surface area contributed by atoms with E-state index in [1.54, 1.807) is 0 Å². The van der Waals surface area contributed by atoms with Gasteiger partial charge in [0.25, 0.3) is 11.7 Å². The molecule has 0 saturated heterocycles. The monoisotopic (exact) mass is 212 g/mol. The van der Waals surface area contributed by atoms with Crippen molar-refractivity contribution in [2.45, 2.75) is 32.7 Å². The Morgan fingerprint density at radius 1 is 1.60 bits per heavy atom. The first-order valence-electron chi connectivity index (χ1n) is 5.06. The summed E-state index contributed by atoms with van der Waals surface area (Å²) >= 11 is 0. The Kier molecular flexibility index (Phi) is 4.23. The zero-order valence-electron chi connectivity index (χ0n) is 8.99. The molecule has 1 rings (SSSR count). The fourth-order valence-electron chi connectivity index (χ4n) is 1.15. The number of nitrogens with zero attached hydrogens (tertiary/aromatic N) is 2. The van der Waals surface area contributed by atoms with Crippen molar-refractivity contribution in [3.05, 3.63) is 11.7 Å². The minimum Gasteiger partial charge on any atom is -0.349 e. The maximum absolute atomic E-state index is 11.3. The molecule has 0 aliphatic carbocycles. The van der Waals surface area contributed by atoms with Gasteiger partial charge in [-0.2, -0.15) is 4.98 Å². The Morgan fingerprint density at radius 3 is 2.93 bits per heavy atom. The van der Waals surface area contributed by atoms with Gasteiger partial charge < -0.3 is 15.6 Å². The molecule has 84 valence electrons. The molecule has 0 aliphatic rings. The topological polar surface area (TPSA) is 94.0 Å². The van der Waals surface area contributed by atoms with E-state index in [2.05, 4.69) is 15.5 Å². The molecule has 0 aliphatic heterocycles. The maximum atomic E-state index is 11.3. The molecular weight excluding hydrogens is 196 g/mol. The molecule has 6 heteroatoms. The standard InChI is InChI=1S/C9H16N4O2/c1-3-5-6(10)9-12-7(13-15-9)8(14)11-4-2/h6H,3-5,10H2,1-2H3,(H,11,14)/t6-/m0/s1. The number of amides is 1. The second-order valence-electron chi connectivity index (χ2n) is 3.21. The number of carbonyl (C=O) groups excluding carboxylic acids is 1. The molecule has 0 bridgehead atoms. The van der Waals surface area contributed by atoms with Crippen LogP contribution in [0.5, 0.6) is 0 Å². The fraction of sp³-hybridized carbons (Fsp3) is 0.667. The lowest BCUT2D eigenvalue weighted by molar-refractivity contribution is 0.0942. The Bertz CT molecular complexity index is 324. The summed E-state index contributed by atoms with van der Waals surface area (Å²) in [5, 5.41) is 6.14. The average molecular weight is 212 g/mol. The van der Waals surface area contributed by atoms with Gasteiger partial charge in [-0.1, -0.05) is 18.5 Å². The van der Waals surface area contributed by atoms with Crippen LogP contribution in [0.4, 0.5) is 0 Å². The predicted molar refractivity (Wildman–Crippen MR) is 54.1 cm³/mol.